The highest BCUT2D eigenvalue weighted by atomic mass is 32.2. The van der Waals surface area contributed by atoms with Crippen molar-refractivity contribution in [2.24, 2.45) is 0 Å². The molecule has 8 heteroatoms. The summed E-state index contributed by atoms with van der Waals surface area (Å²) in [6.07, 6.45) is 0. The monoisotopic (exact) mass is 451 g/mol. The Kier molecular flexibility index (Phi) is 6.61. The lowest BCUT2D eigenvalue weighted by Gasteiger charge is -2.13. The number of ether oxygens (including phenoxy) is 3. The van der Waals surface area contributed by atoms with Gasteiger partial charge >= 0.3 is 0 Å². The fourth-order valence-electron chi connectivity index (χ4n) is 3.22. The zero-order valence-electron chi connectivity index (χ0n) is 17.9. The molecule has 0 aliphatic rings. The van der Waals surface area contributed by atoms with Crippen molar-refractivity contribution in [2.45, 2.75) is 10.9 Å². The molecular weight excluding hydrogens is 429 g/mol. The lowest BCUT2D eigenvalue weighted by molar-refractivity contribution is 0.355. The van der Waals surface area contributed by atoms with Crippen LogP contribution in [0.3, 0.4) is 0 Å². The van der Waals surface area contributed by atoms with Gasteiger partial charge in [-0.1, -0.05) is 23.9 Å². The maximum absolute atomic E-state index is 13.2. The predicted octanol–water partition coefficient (Wildman–Crippen LogP) is 5.39. The van der Waals surface area contributed by atoms with Crippen molar-refractivity contribution in [2.75, 3.05) is 21.3 Å². The molecule has 0 amide bonds. The van der Waals surface area contributed by atoms with E-state index in [0.29, 0.717) is 28.2 Å². The van der Waals surface area contributed by atoms with Gasteiger partial charge in [0.2, 0.25) is 0 Å². The second-order valence-corrected chi connectivity index (χ2v) is 7.77. The minimum Gasteiger partial charge on any atom is -0.497 e. The zero-order chi connectivity index (χ0) is 22.5. The third-order valence-electron chi connectivity index (χ3n) is 4.89. The Balaban J connectivity index is 1.75. The molecule has 0 atom stereocenters. The van der Waals surface area contributed by atoms with Crippen LogP contribution in [0.25, 0.3) is 17.1 Å². The van der Waals surface area contributed by atoms with E-state index in [9.17, 15) is 4.39 Å². The molecule has 4 rings (SSSR count). The fourth-order valence-corrected chi connectivity index (χ4v) is 4.13. The van der Waals surface area contributed by atoms with Gasteiger partial charge in [-0.25, -0.2) is 4.39 Å². The van der Waals surface area contributed by atoms with Crippen LogP contribution in [0.4, 0.5) is 4.39 Å². The maximum atomic E-state index is 13.2. The number of thioether (sulfide) groups is 1. The zero-order valence-corrected chi connectivity index (χ0v) is 18.7. The molecule has 0 aliphatic carbocycles. The predicted molar refractivity (Wildman–Crippen MR) is 122 cm³/mol. The summed E-state index contributed by atoms with van der Waals surface area (Å²) in [5, 5.41) is 9.62. The van der Waals surface area contributed by atoms with E-state index in [1.807, 2.05) is 47.0 Å². The quantitative estimate of drug-likeness (QED) is 0.335. The van der Waals surface area contributed by atoms with E-state index in [2.05, 4.69) is 10.2 Å². The molecule has 0 N–H and O–H groups in total. The van der Waals surface area contributed by atoms with Gasteiger partial charge in [0.15, 0.2) is 22.5 Å². The van der Waals surface area contributed by atoms with Crippen LogP contribution in [0, 0.1) is 5.82 Å². The Labute approximate surface area is 190 Å². The van der Waals surface area contributed by atoms with Crippen LogP contribution in [0.1, 0.15) is 5.56 Å². The van der Waals surface area contributed by atoms with Crippen molar-refractivity contribution >= 4 is 11.8 Å². The first-order valence-electron chi connectivity index (χ1n) is 9.82. The normalized spacial score (nSPS) is 10.8. The summed E-state index contributed by atoms with van der Waals surface area (Å²) < 4.78 is 31.3. The third-order valence-corrected chi connectivity index (χ3v) is 5.89. The number of hydrogen-bond donors (Lipinski definition) is 0. The first-order chi connectivity index (χ1) is 15.6. The van der Waals surface area contributed by atoms with Crippen LogP contribution in [-0.4, -0.2) is 36.1 Å². The second kappa shape index (κ2) is 9.74. The fraction of sp³-hybridized carbons (Fsp3) is 0.167. The molecule has 0 bridgehead atoms. The molecule has 1 heterocycles. The van der Waals surface area contributed by atoms with Crippen LogP contribution in [-0.2, 0) is 5.75 Å². The molecule has 0 saturated heterocycles. The topological polar surface area (TPSA) is 58.4 Å². The number of halogens is 1. The lowest BCUT2D eigenvalue weighted by Crippen LogP contribution is -2.00. The maximum Gasteiger partial charge on any atom is 0.196 e. The van der Waals surface area contributed by atoms with Gasteiger partial charge in [-0.15, -0.1) is 10.2 Å². The summed E-state index contributed by atoms with van der Waals surface area (Å²) >= 11 is 1.52. The molecule has 4 aromatic rings. The van der Waals surface area contributed by atoms with E-state index in [4.69, 9.17) is 14.2 Å². The smallest absolute Gasteiger partial charge is 0.196 e. The molecule has 0 spiro atoms. The summed E-state index contributed by atoms with van der Waals surface area (Å²) in [6.45, 7) is 0. The van der Waals surface area contributed by atoms with E-state index in [1.165, 1.54) is 23.9 Å². The number of methoxy groups -OCH3 is 3. The van der Waals surface area contributed by atoms with Crippen LogP contribution < -0.4 is 14.2 Å². The van der Waals surface area contributed by atoms with Gasteiger partial charge in [-0.2, -0.15) is 0 Å². The SMILES string of the molecule is COc1ccc(-n2c(SCc3ccc(F)cc3)nnc2-c2ccc(OC)c(OC)c2)cc1. The molecule has 6 nitrogen and oxygen atoms in total. The van der Waals surface area contributed by atoms with Gasteiger partial charge in [0, 0.05) is 17.0 Å². The van der Waals surface area contributed by atoms with Crippen molar-refractivity contribution in [3.8, 4) is 34.3 Å². The van der Waals surface area contributed by atoms with Gasteiger partial charge in [-0.05, 0) is 60.2 Å². The molecule has 0 fully saturated rings. The van der Waals surface area contributed by atoms with Crippen LogP contribution >= 0.6 is 11.8 Å². The molecular formula is C24H22FN3O3S. The largest absolute Gasteiger partial charge is 0.497 e. The second-order valence-electron chi connectivity index (χ2n) is 6.82. The van der Waals surface area contributed by atoms with Crippen LogP contribution in [0.5, 0.6) is 17.2 Å². The first-order valence-corrected chi connectivity index (χ1v) is 10.8. The summed E-state index contributed by atoms with van der Waals surface area (Å²) in [5.41, 5.74) is 2.72. The summed E-state index contributed by atoms with van der Waals surface area (Å²) in [7, 11) is 4.83. The lowest BCUT2D eigenvalue weighted by atomic mass is 10.2. The van der Waals surface area contributed by atoms with Crippen molar-refractivity contribution in [1.29, 1.82) is 0 Å². The Morgan fingerprint density at radius 2 is 1.53 bits per heavy atom. The highest BCUT2D eigenvalue weighted by Gasteiger charge is 2.18. The van der Waals surface area contributed by atoms with Crippen LogP contribution in [0.15, 0.2) is 71.9 Å². The number of nitrogens with zero attached hydrogens (tertiary/aromatic N) is 3. The first kappa shape index (κ1) is 21.7. The molecule has 0 aliphatic heterocycles. The molecule has 0 radical (unpaired) electrons. The number of benzene rings is 3. The Hall–Kier alpha value is -3.52. The minimum absolute atomic E-state index is 0.254. The average Bonchev–Trinajstić information content (AvgIpc) is 3.27. The van der Waals surface area contributed by atoms with Gasteiger partial charge in [0.05, 0.1) is 21.3 Å². The van der Waals surface area contributed by atoms with Crippen molar-refractivity contribution in [3.05, 3.63) is 78.1 Å². The molecule has 0 saturated carbocycles. The van der Waals surface area contributed by atoms with Crippen LogP contribution in [0.2, 0.25) is 0 Å². The van der Waals surface area contributed by atoms with E-state index >= 15 is 0 Å². The Morgan fingerprint density at radius 1 is 0.812 bits per heavy atom. The highest BCUT2D eigenvalue weighted by Crippen LogP contribution is 2.35. The standard InChI is InChI=1S/C24H22FN3O3S/c1-29-20-11-9-19(10-12-20)28-23(17-6-13-21(30-2)22(14-17)31-3)26-27-24(28)32-15-16-4-7-18(25)8-5-16/h4-14H,15H2,1-3H3. The van der Waals surface area contributed by atoms with Crippen molar-refractivity contribution in [1.82, 2.24) is 14.8 Å². The van der Waals surface area contributed by atoms with Gasteiger partial charge in [-0.3, -0.25) is 4.57 Å². The van der Waals surface area contributed by atoms with E-state index < -0.39 is 0 Å². The van der Waals surface area contributed by atoms with Gasteiger partial charge in [0.25, 0.3) is 0 Å². The number of aromatic nitrogens is 3. The summed E-state index contributed by atoms with van der Waals surface area (Å²) in [6, 6.07) is 19.8. The Bertz CT molecular complexity index is 1190. The molecule has 32 heavy (non-hydrogen) atoms. The molecule has 1 aromatic heterocycles. The average molecular weight is 452 g/mol. The van der Waals surface area contributed by atoms with Crippen molar-refractivity contribution in [3.63, 3.8) is 0 Å². The molecule has 0 unspecified atom stereocenters. The van der Waals surface area contributed by atoms with Gasteiger partial charge in [0.1, 0.15) is 11.6 Å². The van der Waals surface area contributed by atoms with E-state index in [-0.39, 0.29) is 5.82 Å². The molecule has 3 aromatic carbocycles. The summed E-state index contributed by atoms with van der Waals surface area (Å²) in [5.74, 6) is 3.04. The molecule has 164 valence electrons. The Morgan fingerprint density at radius 3 is 2.19 bits per heavy atom. The number of rotatable bonds is 8. The highest BCUT2D eigenvalue weighted by molar-refractivity contribution is 7.98. The van der Waals surface area contributed by atoms with Crippen molar-refractivity contribution < 1.29 is 18.6 Å². The van der Waals surface area contributed by atoms with E-state index in [1.54, 1.807) is 33.5 Å². The third kappa shape index (κ3) is 4.55. The van der Waals surface area contributed by atoms with E-state index in [0.717, 1.165) is 22.6 Å². The number of hydrogen-bond acceptors (Lipinski definition) is 6. The minimum atomic E-state index is -0.254. The van der Waals surface area contributed by atoms with Gasteiger partial charge < -0.3 is 14.2 Å². The summed E-state index contributed by atoms with van der Waals surface area (Å²) in [4.78, 5) is 0.